The molecule has 5 nitrogen and oxygen atoms in total. The molecule has 0 fully saturated rings. The fraction of sp³-hybridized carbons (Fsp3) is 0.200. The number of methoxy groups -OCH3 is 1. The molecular weight excluding hydrogens is 408 g/mol. The van der Waals surface area contributed by atoms with E-state index in [1.807, 2.05) is 63.2 Å². The highest BCUT2D eigenvalue weighted by atomic mass is 32.2. The predicted octanol–water partition coefficient (Wildman–Crippen LogP) is 5.68. The van der Waals surface area contributed by atoms with Gasteiger partial charge in [0.05, 0.1) is 12.4 Å². The topological polar surface area (TPSA) is 67.4 Å². The van der Waals surface area contributed by atoms with Crippen molar-refractivity contribution >= 4 is 35.0 Å². The predicted molar refractivity (Wildman–Crippen MR) is 127 cm³/mol. The number of hydrogen-bond acceptors (Lipinski definition) is 4. The molecule has 1 unspecified atom stereocenters. The lowest BCUT2D eigenvalue weighted by Gasteiger charge is -2.15. The number of carbonyl (C=O) groups excluding carboxylic acids is 2. The molecule has 1 atom stereocenters. The molecule has 0 heterocycles. The lowest BCUT2D eigenvalue weighted by Crippen LogP contribution is -2.22. The van der Waals surface area contributed by atoms with Crippen LogP contribution < -0.4 is 15.4 Å². The number of amides is 2. The maximum absolute atomic E-state index is 12.6. The van der Waals surface area contributed by atoms with E-state index in [1.165, 1.54) is 11.8 Å². The minimum atomic E-state index is -0.267. The number of benzene rings is 3. The second-order valence-corrected chi connectivity index (χ2v) is 8.62. The van der Waals surface area contributed by atoms with Crippen molar-refractivity contribution in [3.05, 3.63) is 83.4 Å². The maximum atomic E-state index is 12.6. The number of aryl methyl sites for hydroxylation is 1. The van der Waals surface area contributed by atoms with Crippen molar-refractivity contribution in [1.82, 2.24) is 0 Å². The number of hydrogen-bond donors (Lipinski definition) is 2. The molecule has 0 bridgehead atoms. The van der Waals surface area contributed by atoms with Gasteiger partial charge in [-0.05, 0) is 80.4 Å². The number of rotatable bonds is 7. The molecule has 0 aromatic heterocycles. The number of thioether (sulfide) groups is 1. The van der Waals surface area contributed by atoms with Crippen molar-refractivity contribution in [2.45, 2.75) is 30.9 Å². The largest absolute Gasteiger partial charge is 0.497 e. The van der Waals surface area contributed by atoms with Gasteiger partial charge >= 0.3 is 0 Å². The number of carbonyl (C=O) groups is 2. The highest BCUT2D eigenvalue weighted by molar-refractivity contribution is 8.00. The van der Waals surface area contributed by atoms with Gasteiger partial charge in [-0.1, -0.05) is 18.2 Å². The molecule has 2 N–H and O–H groups in total. The zero-order chi connectivity index (χ0) is 22.4. The summed E-state index contributed by atoms with van der Waals surface area (Å²) in [4.78, 5) is 26.0. The fourth-order valence-corrected chi connectivity index (χ4v) is 3.83. The fourth-order valence-electron chi connectivity index (χ4n) is 2.96. The molecule has 2 amide bonds. The van der Waals surface area contributed by atoms with E-state index in [0.717, 1.165) is 21.7 Å². The zero-order valence-electron chi connectivity index (χ0n) is 18.1. The molecule has 0 saturated heterocycles. The van der Waals surface area contributed by atoms with Crippen LogP contribution in [-0.2, 0) is 4.79 Å². The minimum absolute atomic E-state index is 0.0471. The minimum Gasteiger partial charge on any atom is -0.497 e. The standard InChI is InChI=1S/C25H26N2O3S/c1-16-7-5-10-23(17(16)2)27-24(28)18(3)31-22-13-11-20(12-14-22)26-25(29)19-8-6-9-21(15-19)30-4/h5-15,18H,1-4H3,(H,26,29)(H,27,28). The lowest BCUT2D eigenvalue weighted by atomic mass is 10.1. The third kappa shape index (κ3) is 5.89. The van der Waals surface area contributed by atoms with E-state index in [1.54, 1.807) is 31.4 Å². The molecule has 3 aromatic rings. The summed E-state index contributed by atoms with van der Waals surface area (Å²) in [5, 5.41) is 5.62. The van der Waals surface area contributed by atoms with Crippen molar-refractivity contribution in [2.75, 3.05) is 17.7 Å². The van der Waals surface area contributed by atoms with Gasteiger partial charge < -0.3 is 15.4 Å². The molecule has 3 aromatic carbocycles. The van der Waals surface area contributed by atoms with E-state index in [2.05, 4.69) is 10.6 Å². The van der Waals surface area contributed by atoms with Gasteiger partial charge in [-0.15, -0.1) is 11.8 Å². The second-order valence-electron chi connectivity index (χ2n) is 7.21. The molecule has 0 aliphatic rings. The summed E-state index contributed by atoms with van der Waals surface area (Å²) >= 11 is 1.47. The van der Waals surface area contributed by atoms with Crippen molar-refractivity contribution in [1.29, 1.82) is 0 Å². The molecule has 3 rings (SSSR count). The summed E-state index contributed by atoms with van der Waals surface area (Å²) in [5.74, 6) is 0.377. The monoisotopic (exact) mass is 434 g/mol. The van der Waals surface area contributed by atoms with Gasteiger partial charge in [0, 0.05) is 21.8 Å². The summed E-state index contributed by atoms with van der Waals surface area (Å²) in [6.45, 7) is 5.91. The Morgan fingerprint density at radius 1 is 0.935 bits per heavy atom. The zero-order valence-corrected chi connectivity index (χ0v) is 18.9. The summed E-state index contributed by atoms with van der Waals surface area (Å²) in [6, 6.07) is 20.3. The van der Waals surface area contributed by atoms with Gasteiger partial charge in [0.1, 0.15) is 5.75 Å². The third-order valence-electron chi connectivity index (χ3n) is 4.99. The number of nitrogens with one attached hydrogen (secondary N) is 2. The SMILES string of the molecule is COc1cccc(C(=O)Nc2ccc(SC(C)C(=O)Nc3cccc(C)c3C)cc2)c1. The third-order valence-corrected chi connectivity index (χ3v) is 6.10. The maximum Gasteiger partial charge on any atom is 0.255 e. The smallest absolute Gasteiger partial charge is 0.255 e. The number of anilines is 2. The number of ether oxygens (including phenoxy) is 1. The quantitative estimate of drug-likeness (QED) is 0.469. The highest BCUT2D eigenvalue weighted by Gasteiger charge is 2.16. The van der Waals surface area contributed by atoms with Crippen LogP contribution in [0.3, 0.4) is 0 Å². The van der Waals surface area contributed by atoms with Gasteiger partial charge in [-0.3, -0.25) is 9.59 Å². The average molecular weight is 435 g/mol. The molecule has 0 saturated carbocycles. The van der Waals surface area contributed by atoms with Gasteiger partial charge in [-0.2, -0.15) is 0 Å². The van der Waals surface area contributed by atoms with Crippen molar-refractivity contribution in [2.24, 2.45) is 0 Å². The Balaban J connectivity index is 1.58. The van der Waals surface area contributed by atoms with E-state index < -0.39 is 0 Å². The molecule has 0 aliphatic carbocycles. The molecule has 6 heteroatoms. The normalized spacial score (nSPS) is 11.5. The van der Waals surface area contributed by atoms with Crippen LogP contribution in [0.1, 0.15) is 28.4 Å². The first-order chi connectivity index (χ1) is 14.9. The Morgan fingerprint density at radius 3 is 2.35 bits per heavy atom. The van der Waals surface area contributed by atoms with Crippen LogP contribution >= 0.6 is 11.8 Å². The van der Waals surface area contributed by atoms with Crippen LogP contribution in [0.15, 0.2) is 71.6 Å². The highest BCUT2D eigenvalue weighted by Crippen LogP contribution is 2.27. The van der Waals surface area contributed by atoms with Gasteiger partial charge in [0.25, 0.3) is 5.91 Å². The van der Waals surface area contributed by atoms with Gasteiger partial charge in [0.15, 0.2) is 0 Å². The van der Waals surface area contributed by atoms with Crippen LogP contribution in [0.5, 0.6) is 5.75 Å². The van der Waals surface area contributed by atoms with Crippen molar-refractivity contribution in [3.8, 4) is 5.75 Å². The van der Waals surface area contributed by atoms with Crippen LogP contribution in [0, 0.1) is 13.8 Å². The molecule has 0 radical (unpaired) electrons. The molecule has 160 valence electrons. The van der Waals surface area contributed by atoms with Crippen LogP contribution in [-0.4, -0.2) is 24.2 Å². The lowest BCUT2D eigenvalue weighted by molar-refractivity contribution is -0.115. The summed E-state index contributed by atoms with van der Waals surface area (Å²) in [7, 11) is 1.57. The van der Waals surface area contributed by atoms with Crippen LogP contribution in [0.4, 0.5) is 11.4 Å². The summed E-state index contributed by atoms with van der Waals surface area (Å²) in [6.07, 6.45) is 0. The van der Waals surface area contributed by atoms with E-state index in [0.29, 0.717) is 17.0 Å². The van der Waals surface area contributed by atoms with Crippen molar-refractivity contribution in [3.63, 3.8) is 0 Å². The van der Waals surface area contributed by atoms with Gasteiger partial charge in [-0.25, -0.2) is 0 Å². The second kappa shape index (κ2) is 10.2. The Hall–Kier alpha value is -3.25. The first-order valence-electron chi connectivity index (χ1n) is 9.96. The first kappa shape index (κ1) is 22.4. The van der Waals surface area contributed by atoms with Crippen LogP contribution in [0.2, 0.25) is 0 Å². The van der Waals surface area contributed by atoms with Crippen molar-refractivity contribution < 1.29 is 14.3 Å². The molecule has 0 spiro atoms. The van der Waals surface area contributed by atoms with E-state index in [4.69, 9.17) is 4.74 Å². The van der Waals surface area contributed by atoms with E-state index in [-0.39, 0.29) is 17.1 Å². The van der Waals surface area contributed by atoms with Crippen LogP contribution in [0.25, 0.3) is 0 Å². The van der Waals surface area contributed by atoms with E-state index in [9.17, 15) is 9.59 Å². The Kier molecular flexibility index (Phi) is 7.36. The molecule has 0 aliphatic heterocycles. The Morgan fingerprint density at radius 2 is 1.65 bits per heavy atom. The molecular formula is C25H26N2O3S. The Bertz CT molecular complexity index is 1080. The molecule has 31 heavy (non-hydrogen) atoms. The Labute approximate surface area is 187 Å². The average Bonchev–Trinajstić information content (AvgIpc) is 2.78. The first-order valence-corrected chi connectivity index (χ1v) is 10.8. The summed E-state index contributed by atoms with van der Waals surface area (Å²) in [5.41, 5.74) is 4.26. The van der Waals surface area contributed by atoms with E-state index >= 15 is 0 Å². The summed E-state index contributed by atoms with van der Waals surface area (Å²) < 4.78 is 5.16. The van der Waals surface area contributed by atoms with Gasteiger partial charge in [0.2, 0.25) is 5.91 Å².